The van der Waals surface area contributed by atoms with Crippen LogP contribution in [0.2, 0.25) is 0 Å². The second kappa shape index (κ2) is 22.3. The van der Waals surface area contributed by atoms with Gasteiger partial charge in [-0.05, 0) is 32.6 Å². The molecule has 2 N–H and O–H groups in total. The van der Waals surface area contributed by atoms with Crippen LogP contribution in [0.4, 0.5) is 0 Å². The second-order valence-corrected chi connectivity index (χ2v) is 18.9. The fourth-order valence-electron chi connectivity index (χ4n) is 10.3. The van der Waals surface area contributed by atoms with Gasteiger partial charge in [0.2, 0.25) is 0 Å². The van der Waals surface area contributed by atoms with E-state index in [0.717, 1.165) is 51.4 Å². The molecule has 346 valence electrons. The van der Waals surface area contributed by atoms with Crippen molar-refractivity contribution in [3.63, 3.8) is 0 Å². The average Bonchev–Trinajstić information content (AvgIpc) is 3.14. The Hall–Kier alpha value is -2.72. The van der Waals surface area contributed by atoms with Crippen LogP contribution in [-0.2, 0) is 57.1 Å². The van der Waals surface area contributed by atoms with Crippen molar-refractivity contribution in [2.75, 3.05) is 13.7 Å². The van der Waals surface area contributed by atoms with Crippen molar-refractivity contribution >= 4 is 23.7 Å². The molecule has 0 saturated carbocycles. The quantitative estimate of drug-likeness (QED) is 0.170. The molecule has 4 saturated heterocycles. The number of hydrogen-bond acceptors (Lipinski definition) is 14. The maximum absolute atomic E-state index is 14.2. The number of esters is 3. The van der Waals surface area contributed by atoms with Crippen LogP contribution in [0.25, 0.3) is 0 Å². The van der Waals surface area contributed by atoms with Gasteiger partial charge in [0.05, 0.1) is 61.2 Å². The number of rotatable bonds is 3. The third-order valence-electron chi connectivity index (χ3n) is 13.1. The van der Waals surface area contributed by atoms with E-state index in [1.165, 1.54) is 13.8 Å². The number of aliphatic hydroxyl groups excluding tert-OH is 1. The Morgan fingerprint density at radius 3 is 2.08 bits per heavy atom. The molecule has 0 aromatic heterocycles. The number of allylic oxidation sites excluding steroid dienone is 1. The molecule has 13 atom stereocenters. The van der Waals surface area contributed by atoms with Crippen molar-refractivity contribution in [3.05, 3.63) is 24.3 Å². The fraction of sp³-hybridized carbons (Fsp3) is 0.830. The second-order valence-electron chi connectivity index (χ2n) is 18.9. The van der Waals surface area contributed by atoms with Gasteiger partial charge in [-0.15, -0.1) is 0 Å². The van der Waals surface area contributed by atoms with Gasteiger partial charge >= 0.3 is 17.9 Å². The Morgan fingerprint density at radius 1 is 0.754 bits per heavy atom. The molecule has 5 aliphatic heterocycles. The minimum absolute atomic E-state index is 0.0202. The summed E-state index contributed by atoms with van der Waals surface area (Å²) < 4.78 is 49.4. The summed E-state index contributed by atoms with van der Waals surface area (Å²) in [7, 11) is 1.63. The predicted octanol–water partition coefficient (Wildman–Crippen LogP) is 6.89. The van der Waals surface area contributed by atoms with Crippen LogP contribution in [-0.4, -0.2) is 114 Å². The zero-order chi connectivity index (χ0) is 44.4. The topological polar surface area (TPSA) is 183 Å². The van der Waals surface area contributed by atoms with Gasteiger partial charge in [-0.1, -0.05) is 70.3 Å². The van der Waals surface area contributed by atoms with Crippen LogP contribution in [0.3, 0.4) is 0 Å². The van der Waals surface area contributed by atoms with Gasteiger partial charge in [-0.3, -0.25) is 19.2 Å². The summed E-state index contributed by atoms with van der Waals surface area (Å²) in [5.74, 6) is -5.33. The maximum atomic E-state index is 14.2. The minimum Gasteiger partial charge on any atom is -0.466 e. The first kappa shape index (κ1) is 49.3. The zero-order valence-corrected chi connectivity index (χ0v) is 37.6. The molecule has 0 aromatic rings. The third-order valence-corrected chi connectivity index (χ3v) is 13.1. The molecule has 0 unspecified atom stereocenters. The zero-order valence-electron chi connectivity index (χ0n) is 37.6. The van der Waals surface area contributed by atoms with Crippen molar-refractivity contribution < 1.29 is 67.3 Å². The first-order valence-corrected chi connectivity index (χ1v) is 22.9. The summed E-state index contributed by atoms with van der Waals surface area (Å²) in [5.41, 5.74) is -0.611. The van der Waals surface area contributed by atoms with Gasteiger partial charge in [0, 0.05) is 84.7 Å². The Balaban J connectivity index is 1.36. The van der Waals surface area contributed by atoms with Crippen molar-refractivity contribution in [1.29, 1.82) is 0 Å². The van der Waals surface area contributed by atoms with Crippen LogP contribution < -0.4 is 0 Å². The summed E-state index contributed by atoms with van der Waals surface area (Å²) in [6.07, 6.45) is 10.1. The van der Waals surface area contributed by atoms with E-state index in [-0.39, 0.29) is 69.4 Å². The number of methoxy groups -OCH3 is 1. The van der Waals surface area contributed by atoms with Gasteiger partial charge in [0.25, 0.3) is 0 Å². The molecule has 4 fully saturated rings. The lowest BCUT2D eigenvalue weighted by atomic mass is 9.78. The van der Waals surface area contributed by atoms with Gasteiger partial charge in [0.15, 0.2) is 11.6 Å². The number of carbonyl (C=O) groups is 4. The summed E-state index contributed by atoms with van der Waals surface area (Å²) in [5, 5.41) is 22.7. The van der Waals surface area contributed by atoms with Crippen molar-refractivity contribution in [1.82, 2.24) is 0 Å². The van der Waals surface area contributed by atoms with Gasteiger partial charge in [0.1, 0.15) is 18.0 Å². The molecule has 2 spiro atoms. The smallest absolute Gasteiger partial charge is 0.308 e. The molecule has 14 heteroatoms. The fourth-order valence-corrected chi connectivity index (χ4v) is 10.3. The van der Waals surface area contributed by atoms with Gasteiger partial charge in [-0.2, -0.15) is 0 Å². The predicted molar refractivity (Wildman–Crippen MR) is 224 cm³/mol. The highest BCUT2D eigenvalue weighted by Crippen LogP contribution is 2.47. The van der Waals surface area contributed by atoms with E-state index in [9.17, 15) is 29.4 Å². The summed E-state index contributed by atoms with van der Waals surface area (Å²) in [6.45, 7) is 12.6. The first-order chi connectivity index (χ1) is 28.9. The van der Waals surface area contributed by atoms with E-state index < -0.39 is 83.5 Å². The molecule has 0 amide bonds. The molecule has 14 nitrogen and oxygen atoms in total. The number of aliphatic hydroxyl groups is 2. The number of ether oxygens (including phenoxy) is 8. The van der Waals surface area contributed by atoms with Crippen molar-refractivity contribution in [2.45, 2.75) is 223 Å². The largest absolute Gasteiger partial charge is 0.466 e. The van der Waals surface area contributed by atoms with Crippen LogP contribution in [0, 0.1) is 11.8 Å². The average molecular weight is 863 g/mol. The molecule has 5 heterocycles. The van der Waals surface area contributed by atoms with E-state index in [0.29, 0.717) is 31.4 Å². The van der Waals surface area contributed by atoms with Crippen molar-refractivity contribution in [3.8, 4) is 0 Å². The minimum atomic E-state index is -1.37. The number of carbonyl (C=O) groups excluding carboxylic acids is 4. The number of ketones is 1. The molecule has 5 rings (SSSR count). The standard InChI is InChI=1S/C47H74O14/c1-30-19-41-26-45(6,53)29-47(61-41)28-40(56-33(4)48)22-38(60-47)24-43(52)55-18-16-14-12-10-8-9-11-13-15-17-36-20-35(50)25-46(58-36)27-39(54-7)21-37(59-46)23-42(51)32(3)44(31(30)2)57-34(5)49/h15,17,31-32,35-41,44,50,53H,1,8-14,16,18-29H2,2-7H3/t31-,32-,35-,36+,37+,38-,39+,40+,41+,44+,45+,46+,47+/m1/s1. The highest BCUT2D eigenvalue weighted by molar-refractivity contribution is 5.82. The van der Waals surface area contributed by atoms with Crippen LogP contribution in [0.15, 0.2) is 24.3 Å². The Bertz CT molecular complexity index is 1530. The Morgan fingerprint density at radius 2 is 1.38 bits per heavy atom. The molecule has 0 aliphatic carbocycles. The van der Waals surface area contributed by atoms with E-state index >= 15 is 0 Å². The molecular weight excluding hydrogens is 789 g/mol. The molecular formula is C47H74O14. The van der Waals surface area contributed by atoms with E-state index in [1.807, 2.05) is 13.0 Å². The SMILES string of the molecule is C=C1C[C@H]2C[C@](C)(O)C[C@]3(C[C@@H](OC(C)=O)C[C@H](CC(=O)OCCCCCCCCCC=C[C@H]4C[C@@H](O)C[C@]5(C[C@@H](OC)C[C@@H](CC(=O)[C@@H](C)[C@@H](OC(C)=O)[C@@H]1C)O5)O4)O3)O2. The van der Waals surface area contributed by atoms with Crippen molar-refractivity contribution in [2.24, 2.45) is 11.8 Å². The number of Topliss-reactive ketones (excluding diaryl/α,β-unsaturated/α-hetero) is 1. The Labute approximate surface area is 362 Å². The van der Waals surface area contributed by atoms with E-state index in [2.05, 4.69) is 12.7 Å². The highest BCUT2D eigenvalue weighted by Gasteiger charge is 2.54. The normalized spacial score (nSPS) is 40.8. The van der Waals surface area contributed by atoms with Crippen LogP contribution >= 0.6 is 0 Å². The molecule has 61 heavy (non-hydrogen) atoms. The van der Waals surface area contributed by atoms with E-state index in [4.69, 9.17) is 37.9 Å². The first-order valence-electron chi connectivity index (χ1n) is 22.9. The lowest BCUT2D eigenvalue weighted by Crippen LogP contribution is -2.58. The summed E-state index contributed by atoms with van der Waals surface area (Å²) in [6, 6.07) is 0. The van der Waals surface area contributed by atoms with Gasteiger partial charge < -0.3 is 48.1 Å². The molecule has 5 aliphatic rings. The lowest BCUT2D eigenvalue weighted by molar-refractivity contribution is -0.349. The molecule has 6 bridgehead atoms. The Kier molecular flexibility index (Phi) is 18.0. The highest BCUT2D eigenvalue weighted by atomic mass is 16.7. The maximum Gasteiger partial charge on any atom is 0.308 e. The summed E-state index contributed by atoms with van der Waals surface area (Å²) in [4.78, 5) is 51.9. The number of cyclic esters (lactones) is 1. The lowest BCUT2D eigenvalue weighted by Gasteiger charge is -2.52. The number of fused-ring (bicyclic) bond motifs is 4. The summed E-state index contributed by atoms with van der Waals surface area (Å²) >= 11 is 0. The van der Waals surface area contributed by atoms with E-state index in [1.54, 1.807) is 21.0 Å². The molecule has 0 radical (unpaired) electrons. The third kappa shape index (κ3) is 14.9. The van der Waals surface area contributed by atoms with Gasteiger partial charge in [-0.25, -0.2) is 0 Å². The monoisotopic (exact) mass is 863 g/mol. The van der Waals surface area contributed by atoms with Crippen LogP contribution in [0.5, 0.6) is 0 Å². The van der Waals surface area contributed by atoms with Crippen LogP contribution in [0.1, 0.15) is 157 Å². The number of hydrogen-bond donors (Lipinski definition) is 2. The molecule has 0 aromatic carbocycles.